The summed E-state index contributed by atoms with van der Waals surface area (Å²) in [4.78, 5) is 2.37. The maximum atomic E-state index is 2.37. The van der Waals surface area contributed by atoms with Gasteiger partial charge in [-0.05, 0) is 122 Å². The highest BCUT2D eigenvalue weighted by Crippen LogP contribution is 2.47. The molecule has 2 aromatic heterocycles. The highest BCUT2D eigenvalue weighted by molar-refractivity contribution is 7.29. The fraction of sp³-hybridized carbons (Fsp3) is 0. The van der Waals surface area contributed by atoms with E-state index in [9.17, 15) is 0 Å². The summed E-state index contributed by atoms with van der Waals surface area (Å²) in [7, 11) is 0. The minimum absolute atomic E-state index is 1.11. The quantitative estimate of drug-likeness (QED) is 0.162. The molecule has 3 heteroatoms. The fourth-order valence-electron chi connectivity index (χ4n) is 8.91. The van der Waals surface area contributed by atoms with E-state index >= 15 is 0 Å². The molecule has 2 heterocycles. The van der Waals surface area contributed by atoms with Crippen LogP contribution in [0, 0.1) is 0 Å². The maximum Gasteiger partial charge on any atom is 0.0462 e. The zero-order valence-electron chi connectivity index (χ0n) is 32.0. The molecule has 0 saturated carbocycles. The number of benzene rings is 10. The van der Waals surface area contributed by atoms with Gasteiger partial charge in [-0.3, -0.25) is 0 Å². The molecule has 0 unspecified atom stereocenters. The third-order valence-electron chi connectivity index (χ3n) is 11.9. The number of anilines is 3. The van der Waals surface area contributed by atoms with Gasteiger partial charge in [0, 0.05) is 57.4 Å². The summed E-state index contributed by atoms with van der Waals surface area (Å²) >= 11 is 3.81. The first kappa shape index (κ1) is 34.0. The number of thiophene rings is 2. The molecule has 12 aromatic rings. The third kappa shape index (κ3) is 5.81. The van der Waals surface area contributed by atoms with Gasteiger partial charge in [0.15, 0.2) is 0 Å². The minimum atomic E-state index is 1.11. The van der Waals surface area contributed by atoms with Gasteiger partial charge in [0.1, 0.15) is 0 Å². The smallest absolute Gasteiger partial charge is 0.0462 e. The summed E-state index contributed by atoms with van der Waals surface area (Å²) in [5.41, 5.74) is 10.7. The van der Waals surface area contributed by atoms with Crippen LogP contribution in [0.25, 0.3) is 95.3 Å². The standard InChI is InChI=1S/C56H35NS2/c1-3-10-41-34-43(18-16-36(41)8-1)38-20-26-45(27-21-38)57(46-28-22-39(23-29-46)44-19-17-37-9-2-4-11-42(37)35-44)47-30-24-40(25-31-47)48-13-7-15-52-54(48)55-53(58-52)33-32-50-49-12-5-6-14-51(49)59-56(50)55/h1-35H. The van der Waals surface area contributed by atoms with Crippen LogP contribution in [0.3, 0.4) is 0 Å². The Labute approximate surface area is 350 Å². The van der Waals surface area contributed by atoms with Crippen LogP contribution in [0.4, 0.5) is 17.1 Å². The average Bonchev–Trinajstić information content (AvgIpc) is 3.88. The van der Waals surface area contributed by atoms with Crippen LogP contribution in [0.2, 0.25) is 0 Å². The lowest BCUT2D eigenvalue weighted by molar-refractivity contribution is 1.28. The molecule has 276 valence electrons. The van der Waals surface area contributed by atoms with Gasteiger partial charge in [-0.1, -0.05) is 146 Å². The van der Waals surface area contributed by atoms with E-state index in [1.54, 1.807) is 0 Å². The van der Waals surface area contributed by atoms with E-state index in [0.29, 0.717) is 0 Å². The zero-order chi connectivity index (χ0) is 38.9. The van der Waals surface area contributed by atoms with Gasteiger partial charge in [0.25, 0.3) is 0 Å². The van der Waals surface area contributed by atoms with Crippen molar-refractivity contribution in [3.63, 3.8) is 0 Å². The van der Waals surface area contributed by atoms with E-state index in [4.69, 9.17) is 0 Å². The molecule has 0 N–H and O–H groups in total. The van der Waals surface area contributed by atoms with Crippen molar-refractivity contribution in [3.05, 3.63) is 212 Å². The number of rotatable bonds is 6. The van der Waals surface area contributed by atoms with Gasteiger partial charge >= 0.3 is 0 Å². The van der Waals surface area contributed by atoms with Crippen molar-refractivity contribution in [3.8, 4) is 33.4 Å². The minimum Gasteiger partial charge on any atom is -0.311 e. The molecule has 0 aliphatic heterocycles. The lowest BCUT2D eigenvalue weighted by Gasteiger charge is -2.26. The first-order valence-corrected chi connectivity index (χ1v) is 21.7. The van der Waals surface area contributed by atoms with Gasteiger partial charge in [0.05, 0.1) is 0 Å². The number of nitrogens with zero attached hydrogens (tertiary/aromatic N) is 1. The Morgan fingerprint density at radius 2 is 0.780 bits per heavy atom. The second-order valence-electron chi connectivity index (χ2n) is 15.3. The molecule has 59 heavy (non-hydrogen) atoms. The molecule has 0 saturated heterocycles. The monoisotopic (exact) mass is 785 g/mol. The average molecular weight is 786 g/mol. The molecule has 12 rings (SSSR count). The number of fused-ring (bicyclic) bond motifs is 9. The van der Waals surface area contributed by atoms with E-state index < -0.39 is 0 Å². The van der Waals surface area contributed by atoms with Crippen molar-refractivity contribution in [2.75, 3.05) is 4.90 Å². The summed E-state index contributed by atoms with van der Waals surface area (Å²) in [5.74, 6) is 0. The normalized spacial score (nSPS) is 11.7. The summed E-state index contributed by atoms with van der Waals surface area (Å²) in [6, 6.07) is 78.0. The summed E-state index contributed by atoms with van der Waals surface area (Å²) in [6.45, 7) is 0. The Morgan fingerprint density at radius 3 is 1.39 bits per heavy atom. The van der Waals surface area contributed by atoms with Crippen molar-refractivity contribution >= 4 is 102 Å². The summed E-state index contributed by atoms with van der Waals surface area (Å²) < 4.78 is 5.39. The molecular formula is C56H35NS2. The lowest BCUT2D eigenvalue weighted by Crippen LogP contribution is -2.09. The molecule has 10 aromatic carbocycles. The molecule has 0 amide bonds. The van der Waals surface area contributed by atoms with Crippen molar-refractivity contribution < 1.29 is 0 Å². The summed E-state index contributed by atoms with van der Waals surface area (Å²) in [5, 5.41) is 10.4. The topological polar surface area (TPSA) is 3.24 Å². The Kier molecular flexibility index (Phi) is 7.97. The van der Waals surface area contributed by atoms with Crippen LogP contribution < -0.4 is 4.90 Å². The van der Waals surface area contributed by atoms with Gasteiger partial charge in [0.2, 0.25) is 0 Å². The van der Waals surface area contributed by atoms with Crippen LogP contribution in [-0.4, -0.2) is 0 Å². The molecule has 0 spiro atoms. The largest absolute Gasteiger partial charge is 0.311 e. The third-order valence-corrected chi connectivity index (χ3v) is 14.2. The van der Waals surface area contributed by atoms with Gasteiger partial charge in [-0.2, -0.15) is 0 Å². The van der Waals surface area contributed by atoms with E-state index in [1.807, 2.05) is 22.7 Å². The predicted molar refractivity (Wildman–Crippen MR) is 258 cm³/mol. The molecule has 0 bridgehead atoms. The first-order valence-electron chi connectivity index (χ1n) is 20.1. The Bertz CT molecular complexity index is 3410. The van der Waals surface area contributed by atoms with Crippen LogP contribution in [0.15, 0.2) is 212 Å². The van der Waals surface area contributed by atoms with E-state index in [-0.39, 0.29) is 0 Å². The van der Waals surface area contributed by atoms with Crippen LogP contribution in [-0.2, 0) is 0 Å². The molecule has 0 atom stereocenters. The molecule has 1 nitrogen and oxygen atoms in total. The maximum absolute atomic E-state index is 2.37. The molecule has 0 aliphatic rings. The van der Waals surface area contributed by atoms with Crippen molar-refractivity contribution in [2.24, 2.45) is 0 Å². The predicted octanol–water partition coefficient (Wildman–Crippen LogP) is 17.2. The SMILES string of the molecule is c1ccc2cc(-c3ccc(N(c4ccc(-c5ccc6ccccc6c5)cc4)c4ccc(-c5cccc6sc7ccc8c9ccccc9sc8c7c56)cc4)cc3)ccc2c1. The van der Waals surface area contributed by atoms with E-state index in [2.05, 4.69) is 217 Å². The van der Waals surface area contributed by atoms with Gasteiger partial charge in [-0.15, -0.1) is 22.7 Å². The molecule has 0 radical (unpaired) electrons. The Balaban J connectivity index is 0.957. The zero-order valence-corrected chi connectivity index (χ0v) is 33.6. The van der Waals surface area contributed by atoms with Crippen LogP contribution >= 0.6 is 22.7 Å². The van der Waals surface area contributed by atoms with Gasteiger partial charge in [-0.25, -0.2) is 0 Å². The highest BCUT2D eigenvalue weighted by atomic mass is 32.1. The van der Waals surface area contributed by atoms with Crippen molar-refractivity contribution in [1.29, 1.82) is 0 Å². The van der Waals surface area contributed by atoms with Crippen molar-refractivity contribution in [1.82, 2.24) is 0 Å². The lowest BCUT2D eigenvalue weighted by atomic mass is 9.98. The number of hydrogen-bond acceptors (Lipinski definition) is 3. The second kappa shape index (κ2) is 13.8. The fourth-order valence-corrected chi connectivity index (χ4v) is 11.4. The highest BCUT2D eigenvalue weighted by Gasteiger charge is 2.18. The van der Waals surface area contributed by atoms with Gasteiger partial charge < -0.3 is 4.90 Å². The Morgan fingerprint density at radius 1 is 0.288 bits per heavy atom. The van der Waals surface area contributed by atoms with Crippen LogP contribution in [0.5, 0.6) is 0 Å². The van der Waals surface area contributed by atoms with Crippen molar-refractivity contribution in [2.45, 2.75) is 0 Å². The molecule has 0 aliphatic carbocycles. The molecule has 0 fully saturated rings. The van der Waals surface area contributed by atoms with Crippen LogP contribution in [0.1, 0.15) is 0 Å². The van der Waals surface area contributed by atoms with E-state index in [1.165, 1.54) is 95.3 Å². The van der Waals surface area contributed by atoms with E-state index in [0.717, 1.165) is 17.1 Å². The summed E-state index contributed by atoms with van der Waals surface area (Å²) in [6.07, 6.45) is 0. The Hall–Kier alpha value is -7.04. The molecular weight excluding hydrogens is 751 g/mol. The number of hydrogen-bond donors (Lipinski definition) is 0. The second-order valence-corrected chi connectivity index (χ2v) is 17.4. The first-order chi connectivity index (χ1) is 29.2.